The van der Waals surface area contributed by atoms with Crippen LogP contribution in [0.3, 0.4) is 0 Å². The molecule has 6 aromatic rings. The van der Waals surface area contributed by atoms with E-state index < -0.39 is 0 Å². The predicted molar refractivity (Wildman–Crippen MR) is 268 cm³/mol. The molecule has 0 spiro atoms. The number of amides is 2. The number of nitrogens with one attached hydrogen (secondary N) is 4. The monoisotopic (exact) mass is 921 g/mol. The first-order valence-electron chi connectivity index (χ1n) is 23.7. The largest absolute Gasteiger partial charge is 0.497 e. The fourth-order valence-electron chi connectivity index (χ4n) is 9.81. The fourth-order valence-corrected chi connectivity index (χ4v) is 9.81. The molecule has 15 nitrogen and oxygen atoms in total. The van der Waals surface area contributed by atoms with Crippen molar-refractivity contribution in [2.75, 3.05) is 95.1 Å². The number of hydrogen-bond donors (Lipinski definition) is 4. The first kappa shape index (κ1) is 46.3. The molecule has 2 aromatic heterocycles. The number of ether oxygens (including phenoxy) is 3. The van der Waals surface area contributed by atoms with Crippen LogP contribution >= 0.6 is 0 Å². The number of aromatic amines is 2. The summed E-state index contributed by atoms with van der Waals surface area (Å²) in [6.07, 6.45) is 12.0. The Bertz CT molecular complexity index is 2680. The van der Waals surface area contributed by atoms with Gasteiger partial charge < -0.3 is 44.4 Å². The second-order valence-corrected chi connectivity index (χ2v) is 19.0. The first-order chi connectivity index (χ1) is 33.0. The summed E-state index contributed by atoms with van der Waals surface area (Å²) in [5.74, 6) is 1.98. The third-order valence-corrected chi connectivity index (χ3v) is 14.0. The summed E-state index contributed by atoms with van der Waals surface area (Å²) in [6, 6.07) is 25.4. The van der Waals surface area contributed by atoms with Gasteiger partial charge in [0.1, 0.15) is 30.5 Å². The smallest absolute Gasteiger partial charge is 0.231 e. The molecule has 0 saturated carbocycles. The number of aryl methyl sites for hydroxylation is 1. The molecule has 4 aliphatic rings. The van der Waals surface area contributed by atoms with Gasteiger partial charge in [-0.15, -0.1) is 0 Å². The number of fused-ring (bicyclic) bond motifs is 2. The zero-order valence-corrected chi connectivity index (χ0v) is 40.0. The zero-order valence-electron chi connectivity index (χ0n) is 40.0. The van der Waals surface area contributed by atoms with Crippen LogP contribution in [-0.4, -0.2) is 129 Å². The number of nitrogens with zero attached hydrogens (tertiary/aromatic N) is 6. The number of benzene rings is 4. The van der Waals surface area contributed by atoms with E-state index >= 15 is 0 Å². The van der Waals surface area contributed by atoms with E-state index in [-0.39, 0.29) is 23.7 Å². The molecule has 0 bridgehead atoms. The van der Waals surface area contributed by atoms with Crippen molar-refractivity contribution in [3.63, 3.8) is 0 Å². The van der Waals surface area contributed by atoms with Crippen molar-refractivity contribution in [1.82, 2.24) is 30.2 Å². The van der Waals surface area contributed by atoms with E-state index in [9.17, 15) is 9.59 Å². The van der Waals surface area contributed by atoms with Crippen LogP contribution in [0, 0.1) is 18.8 Å². The zero-order chi connectivity index (χ0) is 47.3. The van der Waals surface area contributed by atoms with Crippen LogP contribution in [0.25, 0.3) is 22.3 Å². The van der Waals surface area contributed by atoms with E-state index in [0.717, 1.165) is 119 Å². The lowest BCUT2D eigenvalue weighted by Crippen LogP contribution is -2.42. The van der Waals surface area contributed by atoms with Gasteiger partial charge in [-0.3, -0.25) is 19.8 Å². The number of H-pyrrole nitrogens is 2. The van der Waals surface area contributed by atoms with Gasteiger partial charge in [0.15, 0.2) is 0 Å². The van der Waals surface area contributed by atoms with Gasteiger partial charge in [-0.25, -0.2) is 0 Å². The summed E-state index contributed by atoms with van der Waals surface area (Å²) in [6.45, 7) is 6.61. The van der Waals surface area contributed by atoms with E-state index in [1.807, 2.05) is 79.4 Å². The molecule has 2 fully saturated rings. The summed E-state index contributed by atoms with van der Waals surface area (Å²) in [5, 5.41) is 20.4. The highest BCUT2D eigenvalue weighted by Gasteiger charge is 2.31. The lowest BCUT2D eigenvalue weighted by molar-refractivity contribution is -0.121. The molecule has 0 radical (unpaired) electrons. The highest BCUT2D eigenvalue weighted by Crippen LogP contribution is 2.38. The topological polar surface area (TPSA) is 156 Å². The van der Waals surface area contributed by atoms with Crippen LogP contribution in [0.2, 0.25) is 0 Å². The Morgan fingerprint density at radius 2 is 1.16 bits per heavy atom. The van der Waals surface area contributed by atoms with Crippen LogP contribution in [0.15, 0.2) is 97.6 Å². The first-order valence-corrected chi connectivity index (χ1v) is 23.7. The van der Waals surface area contributed by atoms with Gasteiger partial charge >= 0.3 is 0 Å². The molecule has 2 saturated heterocycles. The number of methoxy groups -OCH3 is 1. The third-order valence-electron chi connectivity index (χ3n) is 14.0. The number of hydrogen-bond acceptors (Lipinski definition) is 11. The molecule has 0 aliphatic carbocycles. The number of anilines is 4. The molecule has 10 rings (SSSR count). The molecular weight excluding hydrogens is 857 g/mol. The minimum Gasteiger partial charge on any atom is -0.497 e. The maximum absolute atomic E-state index is 13.4. The van der Waals surface area contributed by atoms with Crippen molar-refractivity contribution in [2.24, 2.45) is 11.8 Å². The van der Waals surface area contributed by atoms with Crippen LogP contribution in [-0.2, 0) is 22.4 Å². The Kier molecular flexibility index (Phi) is 14.0. The van der Waals surface area contributed by atoms with E-state index in [4.69, 9.17) is 14.2 Å². The quantitative estimate of drug-likeness (QED) is 0.102. The number of carbonyl (C=O) groups excluding carboxylic acids is 2. The van der Waals surface area contributed by atoms with Crippen molar-refractivity contribution in [1.29, 1.82) is 0 Å². The molecule has 3 atom stereocenters. The molecule has 2 amide bonds. The number of carbonyl (C=O) groups is 2. The Morgan fingerprint density at radius 1 is 0.647 bits per heavy atom. The van der Waals surface area contributed by atoms with Crippen molar-refractivity contribution in [2.45, 2.75) is 51.1 Å². The van der Waals surface area contributed by atoms with Crippen molar-refractivity contribution in [3.8, 4) is 39.5 Å². The molecule has 4 N–H and O–H groups in total. The second-order valence-electron chi connectivity index (χ2n) is 19.0. The minimum atomic E-state index is -0.268. The highest BCUT2D eigenvalue weighted by atomic mass is 16.5. The van der Waals surface area contributed by atoms with Gasteiger partial charge in [0, 0.05) is 61.8 Å². The van der Waals surface area contributed by atoms with Crippen LogP contribution in [0.5, 0.6) is 17.2 Å². The maximum Gasteiger partial charge on any atom is 0.231 e. The van der Waals surface area contributed by atoms with Crippen LogP contribution < -0.4 is 34.6 Å². The molecule has 356 valence electrons. The third kappa shape index (κ3) is 10.5. The summed E-state index contributed by atoms with van der Waals surface area (Å²) < 4.78 is 17.1. The Hall–Kier alpha value is -6.84. The minimum absolute atomic E-state index is 0.00261. The van der Waals surface area contributed by atoms with Gasteiger partial charge in [-0.1, -0.05) is 29.8 Å². The van der Waals surface area contributed by atoms with E-state index in [2.05, 4.69) is 104 Å². The van der Waals surface area contributed by atoms with Crippen molar-refractivity contribution in [3.05, 3.63) is 114 Å². The second kappa shape index (κ2) is 20.6. The van der Waals surface area contributed by atoms with E-state index in [1.54, 1.807) is 7.11 Å². The van der Waals surface area contributed by atoms with Gasteiger partial charge in [-0.2, -0.15) is 10.2 Å². The summed E-state index contributed by atoms with van der Waals surface area (Å²) in [5.41, 5.74) is 11.3. The van der Waals surface area contributed by atoms with E-state index in [0.29, 0.717) is 38.1 Å². The van der Waals surface area contributed by atoms with Crippen LogP contribution in [0.4, 0.5) is 22.7 Å². The maximum atomic E-state index is 13.4. The van der Waals surface area contributed by atoms with Crippen molar-refractivity contribution < 1.29 is 23.8 Å². The summed E-state index contributed by atoms with van der Waals surface area (Å²) in [4.78, 5) is 36.0. The number of rotatable bonds is 11. The van der Waals surface area contributed by atoms with Gasteiger partial charge in [0.2, 0.25) is 11.8 Å². The Balaban J connectivity index is 0.000000170. The summed E-state index contributed by atoms with van der Waals surface area (Å²) >= 11 is 0. The van der Waals surface area contributed by atoms with Gasteiger partial charge in [-0.05, 0) is 138 Å². The van der Waals surface area contributed by atoms with Gasteiger partial charge in [0.05, 0.1) is 54.1 Å². The normalized spacial score (nSPS) is 19.0. The fraction of sp³-hybridized carbons (Fsp3) is 0.396. The predicted octanol–water partition coefficient (Wildman–Crippen LogP) is 7.52. The molecule has 3 unspecified atom stereocenters. The van der Waals surface area contributed by atoms with Crippen LogP contribution in [0.1, 0.15) is 36.0 Å². The Morgan fingerprint density at radius 3 is 1.68 bits per heavy atom. The van der Waals surface area contributed by atoms with Crippen molar-refractivity contribution >= 4 is 34.6 Å². The van der Waals surface area contributed by atoms with E-state index in [1.165, 1.54) is 5.56 Å². The number of piperidine rings is 1. The Labute approximate surface area is 399 Å². The SMILES string of the molecule is COc1ccc2c(c1)CC(C(=O)Nc1ccc(-c3cn[nH]c3)cc1N1CCC(N(C)C)CC1)CO2.Cc1ccc2c(c1)CC(C(=O)Nc1ccc(-c3cn[nH]c3)cc1N1CCC(N(C)C)C1)CO2. The number of aromatic nitrogens is 4. The summed E-state index contributed by atoms with van der Waals surface area (Å²) in [7, 11) is 10.2. The number of likely N-dealkylation sites (N-methyl/N-ethyl adjacent to an activating group) is 1. The molecular formula is C53H64N10O5. The molecule has 68 heavy (non-hydrogen) atoms. The molecule has 4 aliphatic heterocycles. The molecule has 4 aromatic carbocycles. The van der Waals surface area contributed by atoms with Gasteiger partial charge in [0.25, 0.3) is 0 Å². The average molecular weight is 921 g/mol. The molecule has 15 heteroatoms. The standard InChI is InChI=1S/C27H33N5O3.C26H31N5O2/c1-31(2)22-8-10-32(11-9-22)25-14-18(21-15-28-29-16-21)4-6-24(25)30-27(33)20-12-19-13-23(34-3)5-7-26(19)35-17-20;1-17-4-7-25-19(10-17)11-20(16-33-25)26(32)29-23-6-5-18(21-13-27-28-14-21)12-24(23)31-9-8-22(15-31)30(2)3/h4-7,13-16,20,22H,8-12,17H2,1-3H3,(H,28,29)(H,30,33);4-7,10,12-14,20,22H,8-9,11,15-16H2,1-3H3,(H,27,28)(H,29,32). The lowest BCUT2D eigenvalue weighted by Gasteiger charge is -2.37. The molecule has 6 heterocycles. The average Bonchev–Trinajstić information content (AvgIpc) is 4.19. The lowest BCUT2D eigenvalue weighted by atomic mass is 9.94. The highest BCUT2D eigenvalue weighted by molar-refractivity contribution is 5.98.